The summed E-state index contributed by atoms with van der Waals surface area (Å²) in [7, 11) is 2.06. The van der Waals surface area contributed by atoms with Crippen LogP contribution in [0.25, 0.3) is 0 Å². The molecule has 19 heavy (non-hydrogen) atoms. The third-order valence-electron chi connectivity index (χ3n) is 3.67. The highest BCUT2D eigenvalue weighted by Crippen LogP contribution is 2.15. The van der Waals surface area contributed by atoms with Crippen molar-refractivity contribution >= 4 is 12.0 Å². The molecule has 1 heterocycles. The predicted molar refractivity (Wildman–Crippen MR) is 73.1 cm³/mol. The lowest BCUT2D eigenvalue weighted by atomic mass is 10.1. The average Bonchev–Trinajstić information content (AvgIpc) is 2.83. The fourth-order valence-corrected chi connectivity index (χ4v) is 2.04. The monoisotopic (exact) mass is 271 g/mol. The first-order chi connectivity index (χ1) is 8.91. The molecule has 0 aliphatic carbocycles. The van der Waals surface area contributed by atoms with Gasteiger partial charge in [-0.05, 0) is 40.3 Å². The summed E-state index contributed by atoms with van der Waals surface area (Å²) in [5, 5.41) is 11.7. The Kier molecular flexibility index (Phi) is 6.08. The average molecular weight is 271 g/mol. The van der Waals surface area contributed by atoms with Gasteiger partial charge in [0.05, 0.1) is 5.92 Å². The summed E-state index contributed by atoms with van der Waals surface area (Å²) in [5.41, 5.74) is 0. The Morgan fingerprint density at radius 1 is 1.47 bits per heavy atom. The number of carboxylic acids is 1. The van der Waals surface area contributed by atoms with E-state index in [-0.39, 0.29) is 6.03 Å². The number of urea groups is 1. The molecule has 1 rings (SSSR count). The maximum absolute atomic E-state index is 11.8. The van der Waals surface area contributed by atoms with Crippen LogP contribution in [0.5, 0.6) is 0 Å². The Hall–Kier alpha value is -1.30. The fourth-order valence-electron chi connectivity index (χ4n) is 2.04. The molecule has 1 aliphatic rings. The zero-order valence-corrected chi connectivity index (χ0v) is 12.1. The van der Waals surface area contributed by atoms with Gasteiger partial charge in [-0.15, -0.1) is 0 Å². The third-order valence-corrected chi connectivity index (χ3v) is 3.67. The quantitative estimate of drug-likeness (QED) is 0.702. The first-order valence-corrected chi connectivity index (χ1v) is 6.87. The summed E-state index contributed by atoms with van der Waals surface area (Å²) in [6.45, 7) is 6.70. The molecule has 0 saturated carbocycles. The highest BCUT2D eigenvalue weighted by atomic mass is 16.4. The lowest BCUT2D eigenvalue weighted by Gasteiger charge is -2.21. The Morgan fingerprint density at radius 2 is 2.16 bits per heavy atom. The molecule has 0 aromatic carbocycles. The van der Waals surface area contributed by atoms with Crippen LogP contribution in [-0.4, -0.2) is 66.2 Å². The van der Waals surface area contributed by atoms with Crippen LogP contribution in [-0.2, 0) is 4.79 Å². The van der Waals surface area contributed by atoms with Crippen molar-refractivity contribution in [1.29, 1.82) is 0 Å². The summed E-state index contributed by atoms with van der Waals surface area (Å²) in [5.74, 6) is -1.22. The van der Waals surface area contributed by atoms with E-state index < -0.39 is 11.9 Å². The van der Waals surface area contributed by atoms with Crippen LogP contribution in [0.2, 0.25) is 0 Å². The number of nitrogens with zero attached hydrogens (tertiary/aromatic N) is 2. The number of aliphatic carboxylic acids is 1. The van der Waals surface area contributed by atoms with Gasteiger partial charge in [-0.25, -0.2) is 4.79 Å². The van der Waals surface area contributed by atoms with Crippen LogP contribution in [0, 0.1) is 5.92 Å². The van der Waals surface area contributed by atoms with E-state index >= 15 is 0 Å². The number of carbonyl (C=O) groups excluding carboxylic acids is 1. The van der Waals surface area contributed by atoms with Crippen molar-refractivity contribution in [2.75, 3.05) is 33.2 Å². The summed E-state index contributed by atoms with van der Waals surface area (Å²) in [4.78, 5) is 26.4. The number of hydrogen-bond acceptors (Lipinski definition) is 3. The lowest BCUT2D eigenvalue weighted by molar-refractivity contribution is -0.141. The van der Waals surface area contributed by atoms with Gasteiger partial charge in [0.25, 0.3) is 0 Å². The summed E-state index contributed by atoms with van der Waals surface area (Å²) < 4.78 is 0. The Bertz CT molecular complexity index is 320. The maximum Gasteiger partial charge on any atom is 0.317 e. The molecule has 1 unspecified atom stereocenters. The van der Waals surface area contributed by atoms with Gasteiger partial charge in [0, 0.05) is 25.7 Å². The molecule has 1 saturated heterocycles. The largest absolute Gasteiger partial charge is 0.481 e. The highest BCUT2D eigenvalue weighted by Gasteiger charge is 2.30. The van der Waals surface area contributed by atoms with Gasteiger partial charge >= 0.3 is 12.0 Å². The van der Waals surface area contributed by atoms with Crippen LogP contribution >= 0.6 is 0 Å². The molecule has 2 amide bonds. The normalized spacial score (nSPS) is 19.2. The van der Waals surface area contributed by atoms with E-state index in [1.807, 2.05) is 0 Å². The van der Waals surface area contributed by atoms with E-state index in [0.717, 1.165) is 13.0 Å². The van der Waals surface area contributed by atoms with Gasteiger partial charge in [0.15, 0.2) is 0 Å². The molecule has 0 aromatic heterocycles. The second-order valence-corrected chi connectivity index (χ2v) is 5.43. The maximum atomic E-state index is 11.8. The Morgan fingerprint density at radius 3 is 2.68 bits per heavy atom. The van der Waals surface area contributed by atoms with Gasteiger partial charge in [-0.1, -0.05) is 0 Å². The first kappa shape index (κ1) is 15.8. The molecule has 6 nitrogen and oxygen atoms in total. The molecule has 0 radical (unpaired) electrons. The molecule has 1 fully saturated rings. The molecule has 0 bridgehead atoms. The number of rotatable bonds is 6. The number of carbonyl (C=O) groups is 2. The molecule has 1 aliphatic heterocycles. The zero-order chi connectivity index (χ0) is 14.4. The number of carboxylic acid groups (broad SMARTS) is 1. The van der Waals surface area contributed by atoms with Crippen molar-refractivity contribution in [3.63, 3.8) is 0 Å². The Balaban J connectivity index is 2.17. The molecule has 2 N–H and O–H groups in total. The van der Waals surface area contributed by atoms with Crippen molar-refractivity contribution in [2.24, 2.45) is 5.92 Å². The van der Waals surface area contributed by atoms with Crippen molar-refractivity contribution in [2.45, 2.75) is 32.7 Å². The first-order valence-electron chi connectivity index (χ1n) is 6.87. The van der Waals surface area contributed by atoms with Crippen LogP contribution < -0.4 is 5.32 Å². The minimum absolute atomic E-state index is 0.143. The van der Waals surface area contributed by atoms with Gasteiger partial charge in [0.2, 0.25) is 0 Å². The number of amides is 2. The standard InChI is InChI=1S/C13H25N3O3/c1-10(2)15(3)7-4-6-14-13(19)16-8-5-11(9-16)12(17)18/h10-11H,4-9H2,1-3H3,(H,14,19)(H,17,18). The summed E-state index contributed by atoms with van der Waals surface area (Å²) >= 11 is 0. The predicted octanol–water partition coefficient (Wildman–Crippen LogP) is 0.833. The third kappa shape index (κ3) is 5.06. The van der Waals surface area contributed by atoms with Gasteiger partial charge in [0.1, 0.15) is 0 Å². The Labute approximate surface area is 114 Å². The molecule has 6 heteroatoms. The van der Waals surface area contributed by atoms with Crippen molar-refractivity contribution in [3.8, 4) is 0 Å². The van der Waals surface area contributed by atoms with Crippen LogP contribution in [0.15, 0.2) is 0 Å². The van der Waals surface area contributed by atoms with E-state index in [0.29, 0.717) is 32.1 Å². The summed E-state index contributed by atoms with van der Waals surface area (Å²) in [6, 6.07) is 0.363. The van der Waals surface area contributed by atoms with Gasteiger partial charge in [-0.2, -0.15) is 0 Å². The topological polar surface area (TPSA) is 72.9 Å². The second kappa shape index (κ2) is 7.33. The van der Waals surface area contributed by atoms with E-state index in [2.05, 4.69) is 31.1 Å². The van der Waals surface area contributed by atoms with Crippen molar-refractivity contribution in [3.05, 3.63) is 0 Å². The molecular formula is C13H25N3O3. The van der Waals surface area contributed by atoms with Crippen molar-refractivity contribution < 1.29 is 14.7 Å². The summed E-state index contributed by atoms with van der Waals surface area (Å²) in [6.07, 6.45) is 1.45. The highest BCUT2D eigenvalue weighted by molar-refractivity contribution is 5.77. The van der Waals surface area contributed by atoms with Crippen molar-refractivity contribution in [1.82, 2.24) is 15.1 Å². The smallest absolute Gasteiger partial charge is 0.317 e. The van der Waals surface area contributed by atoms with Gasteiger partial charge in [-0.3, -0.25) is 4.79 Å². The molecule has 0 aromatic rings. The molecule has 1 atom stereocenters. The zero-order valence-electron chi connectivity index (χ0n) is 12.1. The minimum Gasteiger partial charge on any atom is -0.481 e. The number of hydrogen-bond donors (Lipinski definition) is 2. The van der Waals surface area contributed by atoms with Crippen LogP contribution in [0.3, 0.4) is 0 Å². The van der Waals surface area contributed by atoms with E-state index in [1.54, 1.807) is 4.90 Å². The second-order valence-electron chi connectivity index (χ2n) is 5.43. The van der Waals surface area contributed by atoms with Gasteiger partial charge < -0.3 is 20.2 Å². The number of likely N-dealkylation sites (tertiary alicyclic amines) is 1. The SMILES string of the molecule is CC(C)N(C)CCCNC(=O)N1CCC(C(=O)O)C1. The lowest BCUT2D eigenvalue weighted by Crippen LogP contribution is -2.40. The molecule has 110 valence electrons. The van der Waals surface area contributed by atoms with E-state index in [9.17, 15) is 9.59 Å². The minimum atomic E-state index is -0.811. The molecular weight excluding hydrogens is 246 g/mol. The van der Waals surface area contributed by atoms with Crippen LogP contribution in [0.1, 0.15) is 26.7 Å². The number of nitrogens with one attached hydrogen (secondary N) is 1. The van der Waals surface area contributed by atoms with E-state index in [1.165, 1.54) is 0 Å². The van der Waals surface area contributed by atoms with E-state index in [4.69, 9.17) is 5.11 Å². The fraction of sp³-hybridized carbons (Fsp3) is 0.846. The van der Waals surface area contributed by atoms with Crippen LogP contribution in [0.4, 0.5) is 4.79 Å². The molecule has 0 spiro atoms.